The monoisotopic (exact) mass is 438 g/mol. The van der Waals surface area contributed by atoms with Crippen molar-refractivity contribution in [2.45, 2.75) is 26.8 Å². The SMILES string of the molecule is CO/N=C(/C(=O)OC)c1cccc(C)c1CO/N=C(\C)c1ccccc1OC(F)(F)F. The van der Waals surface area contributed by atoms with Gasteiger partial charge in [0.15, 0.2) is 5.71 Å². The predicted octanol–water partition coefficient (Wildman–Crippen LogP) is 4.36. The number of methoxy groups -OCH3 is 1. The van der Waals surface area contributed by atoms with Crippen LogP contribution < -0.4 is 4.74 Å². The largest absolute Gasteiger partial charge is 0.573 e. The minimum atomic E-state index is -4.84. The van der Waals surface area contributed by atoms with Gasteiger partial charge in [-0.1, -0.05) is 40.6 Å². The number of ether oxygens (including phenoxy) is 2. The van der Waals surface area contributed by atoms with Gasteiger partial charge in [-0.3, -0.25) is 0 Å². The summed E-state index contributed by atoms with van der Waals surface area (Å²) in [5, 5.41) is 7.65. The van der Waals surface area contributed by atoms with Crippen LogP contribution in [0.5, 0.6) is 5.75 Å². The van der Waals surface area contributed by atoms with Crippen molar-refractivity contribution < 1.29 is 37.1 Å². The summed E-state index contributed by atoms with van der Waals surface area (Å²) in [5.41, 5.74) is 2.02. The summed E-state index contributed by atoms with van der Waals surface area (Å²) in [5.74, 6) is -1.09. The highest BCUT2D eigenvalue weighted by Crippen LogP contribution is 2.27. The van der Waals surface area contributed by atoms with Crippen molar-refractivity contribution in [2.24, 2.45) is 10.3 Å². The molecule has 0 atom stereocenters. The molecule has 166 valence electrons. The van der Waals surface area contributed by atoms with Crippen LogP contribution in [0.2, 0.25) is 0 Å². The molecule has 0 bridgehead atoms. The van der Waals surface area contributed by atoms with E-state index in [9.17, 15) is 18.0 Å². The first-order valence-corrected chi connectivity index (χ1v) is 8.98. The van der Waals surface area contributed by atoms with Crippen LogP contribution in [-0.2, 0) is 25.8 Å². The highest BCUT2D eigenvalue weighted by atomic mass is 19.4. The minimum absolute atomic E-state index is 0.0584. The molecule has 0 fully saturated rings. The quantitative estimate of drug-likeness (QED) is 0.348. The summed E-state index contributed by atoms with van der Waals surface area (Å²) >= 11 is 0. The van der Waals surface area contributed by atoms with Gasteiger partial charge in [0.05, 0.1) is 12.8 Å². The minimum Gasteiger partial charge on any atom is -0.464 e. The third-order valence-electron chi connectivity index (χ3n) is 4.14. The highest BCUT2D eigenvalue weighted by Gasteiger charge is 2.32. The van der Waals surface area contributed by atoms with E-state index in [1.54, 1.807) is 31.2 Å². The topological polar surface area (TPSA) is 78.7 Å². The number of carbonyl (C=O) groups is 1. The number of para-hydroxylation sites is 1. The van der Waals surface area contributed by atoms with Gasteiger partial charge < -0.3 is 19.1 Å². The van der Waals surface area contributed by atoms with E-state index in [0.717, 1.165) is 5.56 Å². The highest BCUT2D eigenvalue weighted by molar-refractivity contribution is 6.43. The van der Waals surface area contributed by atoms with Crippen LogP contribution >= 0.6 is 0 Å². The van der Waals surface area contributed by atoms with E-state index in [1.807, 2.05) is 0 Å². The Kier molecular flexibility index (Phi) is 8.00. The number of oxime groups is 2. The van der Waals surface area contributed by atoms with Gasteiger partial charge in [-0.2, -0.15) is 0 Å². The maximum Gasteiger partial charge on any atom is 0.573 e. The Balaban J connectivity index is 2.30. The van der Waals surface area contributed by atoms with Gasteiger partial charge in [0.2, 0.25) is 0 Å². The maximum absolute atomic E-state index is 12.6. The van der Waals surface area contributed by atoms with E-state index in [0.29, 0.717) is 11.1 Å². The third-order valence-corrected chi connectivity index (χ3v) is 4.14. The van der Waals surface area contributed by atoms with E-state index in [1.165, 1.54) is 39.3 Å². The molecule has 31 heavy (non-hydrogen) atoms. The number of halogens is 3. The molecule has 0 saturated heterocycles. The van der Waals surface area contributed by atoms with Crippen LogP contribution in [0.4, 0.5) is 13.2 Å². The average molecular weight is 438 g/mol. The number of hydrogen-bond donors (Lipinski definition) is 0. The van der Waals surface area contributed by atoms with Crippen LogP contribution in [0.15, 0.2) is 52.8 Å². The number of esters is 1. The zero-order valence-electron chi connectivity index (χ0n) is 17.3. The number of aryl methyl sites for hydroxylation is 1. The van der Waals surface area contributed by atoms with Crippen LogP contribution in [0, 0.1) is 6.92 Å². The number of nitrogens with zero attached hydrogens (tertiary/aromatic N) is 2. The zero-order chi connectivity index (χ0) is 23.0. The molecular weight excluding hydrogens is 417 g/mol. The summed E-state index contributed by atoms with van der Waals surface area (Å²) in [4.78, 5) is 22.2. The molecule has 0 amide bonds. The first-order valence-electron chi connectivity index (χ1n) is 8.98. The van der Waals surface area contributed by atoms with Gasteiger partial charge in [-0.05, 0) is 31.5 Å². The zero-order valence-corrected chi connectivity index (χ0v) is 17.3. The Morgan fingerprint density at radius 2 is 1.68 bits per heavy atom. The van der Waals surface area contributed by atoms with E-state index < -0.39 is 18.1 Å². The maximum atomic E-state index is 12.6. The Labute approximate surface area is 177 Å². The molecule has 0 aliphatic heterocycles. The molecule has 0 heterocycles. The molecule has 0 aliphatic carbocycles. The average Bonchev–Trinajstić information content (AvgIpc) is 2.72. The fraction of sp³-hybridized carbons (Fsp3) is 0.286. The second-order valence-corrected chi connectivity index (χ2v) is 6.21. The van der Waals surface area contributed by atoms with E-state index >= 15 is 0 Å². The van der Waals surface area contributed by atoms with Gasteiger partial charge in [0.1, 0.15) is 19.5 Å². The Morgan fingerprint density at radius 3 is 2.32 bits per heavy atom. The number of rotatable bonds is 8. The lowest BCUT2D eigenvalue weighted by atomic mass is 9.99. The standard InChI is InChI=1S/C21H21F3N2O5/c1-13-8-7-10-16(19(26-29-4)20(27)28-3)17(13)12-30-25-14(2)15-9-5-6-11-18(15)31-21(22,23)24/h5-11H,12H2,1-4H3/b25-14+,26-19+. The lowest BCUT2D eigenvalue weighted by Crippen LogP contribution is -2.20. The normalized spacial score (nSPS) is 12.4. The lowest BCUT2D eigenvalue weighted by molar-refractivity contribution is -0.274. The predicted molar refractivity (Wildman–Crippen MR) is 107 cm³/mol. The lowest BCUT2D eigenvalue weighted by Gasteiger charge is -2.14. The fourth-order valence-electron chi connectivity index (χ4n) is 2.72. The molecule has 2 aromatic carbocycles. The smallest absolute Gasteiger partial charge is 0.464 e. The van der Waals surface area contributed by atoms with Crippen molar-refractivity contribution in [3.8, 4) is 5.75 Å². The van der Waals surface area contributed by atoms with Crippen molar-refractivity contribution >= 4 is 17.4 Å². The number of carbonyl (C=O) groups excluding carboxylic acids is 1. The van der Waals surface area contributed by atoms with Crippen molar-refractivity contribution in [2.75, 3.05) is 14.2 Å². The van der Waals surface area contributed by atoms with Crippen molar-refractivity contribution in [3.63, 3.8) is 0 Å². The molecule has 0 aliphatic rings. The van der Waals surface area contributed by atoms with E-state index in [4.69, 9.17) is 14.4 Å². The molecular formula is C21H21F3N2O5. The number of alkyl halides is 3. The Morgan fingerprint density at radius 1 is 1.00 bits per heavy atom. The Hall–Kier alpha value is -3.56. The van der Waals surface area contributed by atoms with Crippen LogP contribution in [-0.4, -0.2) is 38.0 Å². The van der Waals surface area contributed by atoms with Gasteiger partial charge in [0.25, 0.3) is 0 Å². The second kappa shape index (κ2) is 10.5. The molecule has 7 nitrogen and oxygen atoms in total. The van der Waals surface area contributed by atoms with Crippen LogP contribution in [0.1, 0.15) is 29.2 Å². The number of hydrogen-bond acceptors (Lipinski definition) is 7. The van der Waals surface area contributed by atoms with Crippen molar-refractivity contribution in [3.05, 3.63) is 64.7 Å². The first-order chi connectivity index (χ1) is 14.7. The van der Waals surface area contributed by atoms with Crippen LogP contribution in [0.3, 0.4) is 0 Å². The van der Waals surface area contributed by atoms with Crippen molar-refractivity contribution in [1.29, 1.82) is 0 Å². The summed E-state index contributed by atoms with van der Waals surface area (Å²) in [6.45, 7) is 3.21. The summed E-state index contributed by atoms with van der Waals surface area (Å²) in [6.07, 6.45) is -4.84. The van der Waals surface area contributed by atoms with Gasteiger partial charge in [-0.15, -0.1) is 13.2 Å². The van der Waals surface area contributed by atoms with E-state index in [2.05, 4.69) is 15.0 Å². The fourth-order valence-corrected chi connectivity index (χ4v) is 2.72. The van der Waals surface area contributed by atoms with Gasteiger partial charge in [0, 0.05) is 16.7 Å². The molecule has 0 radical (unpaired) electrons. The summed E-state index contributed by atoms with van der Waals surface area (Å²) in [6, 6.07) is 10.8. The van der Waals surface area contributed by atoms with Gasteiger partial charge >= 0.3 is 12.3 Å². The molecule has 0 spiro atoms. The number of benzene rings is 2. The molecule has 0 unspecified atom stereocenters. The summed E-state index contributed by atoms with van der Waals surface area (Å²) in [7, 11) is 2.51. The van der Waals surface area contributed by atoms with E-state index in [-0.39, 0.29) is 23.6 Å². The Bertz CT molecular complexity index is 987. The summed E-state index contributed by atoms with van der Waals surface area (Å²) < 4.78 is 46.7. The third kappa shape index (κ3) is 6.46. The van der Waals surface area contributed by atoms with Gasteiger partial charge in [-0.25, -0.2) is 4.79 Å². The molecule has 0 aromatic heterocycles. The molecule has 2 rings (SSSR count). The molecule has 0 saturated carbocycles. The first kappa shape index (κ1) is 23.7. The second-order valence-electron chi connectivity index (χ2n) is 6.21. The van der Waals surface area contributed by atoms with Crippen LogP contribution in [0.25, 0.3) is 0 Å². The van der Waals surface area contributed by atoms with Crippen molar-refractivity contribution in [1.82, 2.24) is 0 Å². The molecule has 10 heteroatoms. The molecule has 2 aromatic rings. The molecule has 0 N–H and O–H groups in total.